The first-order chi connectivity index (χ1) is 12.7. The van der Waals surface area contributed by atoms with Gasteiger partial charge < -0.3 is 0 Å². The van der Waals surface area contributed by atoms with Crippen molar-refractivity contribution < 1.29 is 21.1 Å². The average Bonchev–Trinajstić information content (AvgIpc) is 2.76. The summed E-state index contributed by atoms with van der Waals surface area (Å²) in [5, 5.41) is 1.48. The van der Waals surface area contributed by atoms with E-state index in [0.717, 1.165) is 10.2 Å². The molecule has 1 aromatic rings. The maximum atomic E-state index is 7.11. The van der Waals surface area contributed by atoms with Crippen LogP contribution in [0.4, 0.5) is 0 Å². The zero-order valence-electron chi connectivity index (χ0n) is 21.3. The quantitative estimate of drug-likeness (QED) is 0.450. The second-order valence-electron chi connectivity index (χ2n) is 9.95. The molecule has 1 nitrogen and oxygen atoms in total. The fourth-order valence-corrected chi connectivity index (χ4v) is 10.7. The van der Waals surface area contributed by atoms with Crippen molar-refractivity contribution in [1.82, 2.24) is 0 Å². The summed E-state index contributed by atoms with van der Waals surface area (Å²) in [6.07, 6.45) is 0. The van der Waals surface area contributed by atoms with Crippen LogP contribution in [0.1, 0.15) is 84.6 Å². The fraction of sp³-hybridized carbons (Fsp3) is 0.560. The summed E-state index contributed by atoms with van der Waals surface area (Å²) in [5.41, 5.74) is 10.4. The van der Waals surface area contributed by atoms with E-state index in [1.165, 1.54) is 53.7 Å². The van der Waals surface area contributed by atoms with E-state index in [-0.39, 0.29) is 30.2 Å². The van der Waals surface area contributed by atoms with Crippen LogP contribution in [0.5, 0.6) is 5.75 Å². The third kappa shape index (κ3) is 5.26. The van der Waals surface area contributed by atoms with Crippen LogP contribution in [-0.2, 0) is 23.2 Å². The van der Waals surface area contributed by atoms with Crippen LogP contribution in [-0.4, -0.2) is 14.1 Å². The molecule has 30 heavy (non-hydrogen) atoms. The zero-order valence-corrected chi connectivity index (χ0v) is 26.5. The minimum Gasteiger partial charge on any atom is -0.147 e. The van der Waals surface area contributed by atoms with Crippen LogP contribution in [0.2, 0.25) is 0 Å². The Hall–Kier alpha value is -0.119. The summed E-state index contributed by atoms with van der Waals surface area (Å²) >= 11 is -2.01. The summed E-state index contributed by atoms with van der Waals surface area (Å²) in [5.74, 6) is 1.74. The molecule has 1 aliphatic rings. The molecule has 1 aromatic carbocycles. The van der Waals surface area contributed by atoms with Gasteiger partial charge >= 0.3 is 183 Å². The second kappa shape index (κ2) is 10.7. The maximum absolute atomic E-state index is 7.11. The van der Waals surface area contributed by atoms with Crippen molar-refractivity contribution in [1.29, 1.82) is 0 Å². The van der Waals surface area contributed by atoms with Crippen molar-refractivity contribution in [3.8, 4) is 5.75 Å². The van der Waals surface area contributed by atoms with Crippen LogP contribution in [0.25, 0.3) is 0 Å². The van der Waals surface area contributed by atoms with E-state index in [9.17, 15) is 0 Å². The summed E-state index contributed by atoms with van der Waals surface area (Å²) in [6, 6.07) is 0. The Morgan fingerprint density at radius 1 is 0.867 bits per heavy atom. The fourth-order valence-electron chi connectivity index (χ4n) is 4.85. The monoisotopic (exact) mass is 504 g/mol. The van der Waals surface area contributed by atoms with E-state index >= 15 is 0 Å². The third-order valence-electron chi connectivity index (χ3n) is 6.85. The molecule has 0 N–H and O–H groups in total. The van der Waals surface area contributed by atoms with E-state index in [1.54, 1.807) is 3.88 Å². The van der Waals surface area contributed by atoms with Crippen LogP contribution < -0.4 is 8.51 Å². The van der Waals surface area contributed by atoms with Gasteiger partial charge in [0, 0.05) is 0 Å². The zero-order chi connectivity index (χ0) is 21.7. The van der Waals surface area contributed by atoms with Gasteiger partial charge in [-0.05, 0) is 0 Å². The van der Waals surface area contributed by atoms with Gasteiger partial charge in [0.15, 0.2) is 0 Å². The van der Waals surface area contributed by atoms with Gasteiger partial charge in [-0.3, -0.25) is 0 Å². The summed E-state index contributed by atoms with van der Waals surface area (Å²) in [7, 11) is 1.02. The van der Waals surface area contributed by atoms with Crippen molar-refractivity contribution in [2.45, 2.75) is 88.5 Å². The molecule has 0 bridgehead atoms. The molecule has 1 aliphatic carbocycles. The van der Waals surface area contributed by atoms with Gasteiger partial charge in [0.2, 0.25) is 0 Å². The standard InChI is InChI=1S/C13H22OSi.C9H13.C3H6.2ClH.Ti/c1-7-8(2)10(13(4,5)6)12(15)11(14)9(7)3;1-6-5-7(2)9(4)8(6)3;1-3-2;;;/h14H,1-6,15H3;6H,1-4H3;1-2H3;2*1H;/q;;;;;+1/p-1. The van der Waals surface area contributed by atoms with Crippen molar-refractivity contribution in [2.75, 3.05) is 0 Å². The van der Waals surface area contributed by atoms with E-state index in [2.05, 4.69) is 83.1 Å². The SMILES string of the molecule is CC1=C(C)C(C)[C]([Ti]([O]c2c(C)c(C)c(C)c(C(C)(C)C)c2[SiH3])=[C](C)C)=C1C.Cl.Cl. The second-order valence-corrected chi connectivity index (χ2v) is 14.7. The predicted molar refractivity (Wildman–Crippen MR) is 141 cm³/mol. The molecule has 0 saturated carbocycles. The third-order valence-corrected chi connectivity index (χ3v) is 11.9. The first-order valence-electron chi connectivity index (χ1n) is 10.6. The van der Waals surface area contributed by atoms with Crippen molar-refractivity contribution >= 4 is 44.1 Å². The molecule has 0 aromatic heterocycles. The number of rotatable bonds is 3. The molecule has 1 unspecified atom stereocenters. The normalized spacial score (nSPS) is 16.5. The van der Waals surface area contributed by atoms with Gasteiger partial charge in [-0.25, -0.2) is 0 Å². The van der Waals surface area contributed by atoms with Gasteiger partial charge in [0.05, 0.1) is 0 Å². The molecule has 0 spiro atoms. The molecule has 0 heterocycles. The Morgan fingerprint density at radius 3 is 1.73 bits per heavy atom. The molecule has 2 rings (SSSR count). The van der Waals surface area contributed by atoms with Crippen molar-refractivity contribution in [3.63, 3.8) is 0 Å². The van der Waals surface area contributed by atoms with Gasteiger partial charge in [-0.1, -0.05) is 0 Å². The summed E-state index contributed by atoms with van der Waals surface area (Å²) in [4.78, 5) is 0. The Balaban J connectivity index is 0.00000420. The van der Waals surface area contributed by atoms with Gasteiger partial charge in [-0.15, -0.1) is 24.8 Å². The molecule has 170 valence electrons. The van der Waals surface area contributed by atoms with Crippen molar-refractivity contribution in [2.24, 2.45) is 5.92 Å². The average molecular weight is 505 g/mol. The Labute approximate surface area is 207 Å². The smallest absolute Gasteiger partial charge is 0.147 e. The van der Waals surface area contributed by atoms with Gasteiger partial charge in [0.25, 0.3) is 0 Å². The number of hydrogen-bond acceptors (Lipinski definition) is 1. The topological polar surface area (TPSA) is 9.23 Å². The largest absolute Gasteiger partial charge is 0.147 e. The van der Waals surface area contributed by atoms with Crippen LogP contribution in [0, 0.1) is 26.7 Å². The van der Waals surface area contributed by atoms with Crippen LogP contribution >= 0.6 is 24.8 Å². The molecule has 1 atom stereocenters. The first-order valence-corrected chi connectivity index (χ1v) is 13.8. The number of halogens is 2. The molecular formula is C25H42Cl2OSiTi. The Kier molecular flexibility index (Phi) is 10.6. The molecule has 0 radical (unpaired) electrons. The number of allylic oxidation sites excluding steroid dienone is 4. The molecular weight excluding hydrogens is 463 g/mol. The molecule has 0 amide bonds. The minimum atomic E-state index is -2.01. The number of hydrogen-bond donors (Lipinski definition) is 0. The molecule has 0 aliphatic heterocycles. The van der Waals surface area contributed by atoms with Gasteiger partial charge in [0.1, 0.15) is 0 Å². The van der Waals surface area contributed by atoms with Crippen LogP contribution in [0.15, 0.2) is 20.6 Å². The van der Waals surface area contributed by atoms with Crippen LogP contribution in [0.3, 0.4) is 0 Å². The van der Waals surface area contributed by atoms with E-state index in [0.29, 0.717) is 5.92 Å². The first kappa shape index (κ1) is 29.9. The molecule has 0 saturated heterocycles. The molecule has 5 heteroatoms. The van der Waals surface area contributed by atoms with E-state index in [4.69, 9.17) is 3.32 Å². The summed E-state index contributed by atoms with van der Waals surface area (Å²) < 4.78 is 10.2. The minimum absolute atomic E-state index is 0. The Bertz CT molecular complexity index is 930. The van der Waals surface area contributed by atoms with E-state index in [1.807, 2.05) is 0 Å². The Morgan fingerprint density at radius 2 is 1.37 bits per heavy atom. The van der Waals surface area contributed by atoms with Gasteiger partial charge in [-0.2, -0.15) is 0 Å². The number of benzene rings is 1. The predicted octanol–water partition coefficient (Wildman–Crippen LogP) is 6.13. The van der Waals surface area contributed by atoms with Crippen molar-refractivity contribution in [3.05, 3.63) is 42.9 Å². The van der Waals surface area contributed by atoms with E-state index < -0.39 is 17.8 Å². The summed E-state index contributed by atoms with van der Waals surface area (Å²) in [6.45, 7) is 27.7. The molecule has 0 fully saturated rings. The maximum Gasteiger partial charge on any atom is -0.147 e.